The Bertz CT molecular complexity index is 1140. The average Bonchev–Trinajstić information content (AvgIpc) is 3.23. The van der Waals surface area contributed by atoms with Crippen LogP contribution in [0.1, 0.15) is 44.4 Å². The Morgan fingerprint density at radius 2 is 1.76 bits per heavy atom. The number of carbonyl (C=O) groups is 2. The number of aliphatic imine (C=N–C) groups is 1. The van der Waals surface area contributed by atoms with Gasteiger partial charge in [0.2, 0.25) is 5.91 Å². The van der Waals surface area contributed by atoms with Crippen molar-refractivity contribution in [3.05, 3.63) is 94.2 Å². The van der Waals surface area contributed by atoms with Gasteiger partial charge in [-0.3, -0.25) is 4.79 Å². The summed E-state index contributed by atoms with van der Waals surface area (Å²) in [5.74, 6) is -0.0803. The highest BCUT2D eigenvalue weighted by atomic mass is 32.2. The summed E-state index contributed by atoms with van der Waals surface area (Å²) in [5, 5.41) is 5.70. The van der Waals surface area contributed by atoms with Crippen LogP contribution in [0.25, 0.3) is 0 Å². The molecule has 2 aliphatic heterocycles. The predicted octanol–water partition coefficient (Wildman–Crippen LogP) is 5.17. The molecule has 7 heteroatoms. The standard InChI is InChI=1S/C27H29N3O3S/c1-18(2)15-28-23(31)14-22-17-34-27-29-19(3)24(25(30(22)27)21-12-8-5-9-13-21)26(32)33-16-20-10-6-4-7-11-20/h4-13,17-18,25H,14-16H2,1-3H3,(H,28,31). The largest absolute Gasteiger partial charge is 0.457 e. The second-order valence-corrected chi connectivity index (χ2v) is 9.58. The Morgan fingerprint density at radius 3 is 2.44 bits per heavy atom. The van der Waals surface area contributed by atoms with Crippen LogP contribution in [0.5, 0.6) is 0 Å². The number of amidine groups is 1. The third-order valence-electron chi connectivity index (χ3n) is 5.60. The lowest BCUT2D eigenvalue weighted by molar-refractivity contribution is -0.141. The summed E-state index contributed by atoms with van der Waals surface area (Å²) in [6.07, 6.45) is 0.216. The summed E-state index contributed by atoms with van der Waals surface area (Å²) in [6.45, 7) is 6.77. The number of hydrogen-bond donors (Lipinski definition) is 1. The molecule has 0 bridgehead atoms. The van der Waals surface area contributed by atoms with Gasteiger partial charge in [0.25, 0.3) is 0 Å². The fourth-order valence-corrected chi connectivity index (χ4v) is 4.89. The summed E-state index contributed by atoms with van der Waals surface area (Å²) in [4.78, 5) is 32.7. The fourth-order valence-electron chi connectivity index (χ4n) is 3.93. The molecule has 0 saturated heterocycles. The van der Waals surface area contributed by atoms with Crippen molar-refractivity contribution in [1.29, 1.82) is 0 Å². The first-order valence-electron chi connectivity index (χ1n) is 11.4. The van der Waals surface area contributed by atoms with Crippen molar-refractivity contribution in [2.75, 3.05) is 6.54 Å². The van der Waals surface area contributed by atoms with E-state index in [0.717, 1.165) is 22.0 Å². The molecule has 1 N–H and O–H groups in total. The molecule has 2 aliphatic rings. The molecule has 0 fully saturated rings. The zero-order valence-electron chi connectivity index (χ0n) is 19.7. The van der Waals surface area contributed by atoms with Gasteiger partial charge in [-0.15, -0.1) is 0 Å². The summed E-state index contributed by atoms with van der Waals surface area (Å²) in [6, 6.07) is 19.0. The molecule has 0 saturated carbocycles. The zero-order chi connectivity index (χ0) is 24.1. The van der Waals surface area contributed by atoms with E-state index in [1.807, 2.05) is 77.9 Å². The van der Waals surface area contributed by atoms with E-state index in [9.17, 15) is 9.59 Å². The van der Waals surface area contributed by atoms with E-state index in [-0.39, 0.29) is 18.9 Å². The Morgan fingerprint density at radius 1 is 1.09 bits per heavy atom. The molecular formula is C27H29N3O3S. The van der Waals surface area contributed by atoms with Gasteiger partial charge >= 0.3 is 5.97 Å². The zero-order valence-corrected chi connectivity index (χ0v) is 20.5. The van der Waals surface area contributed by atoms with E-state index in [1.54, 1.807) is 0 Å². The third-order valence-corrected chi connectivity index (χ3v) is 6.49. The highest BCUT2D eigenvalue weighted by Gasteiger charge is 2.41. The lowest BCUT2D eigenvalue weighted by atomic mass is 9.94. The van der Waals surface area contributed by atoms with Crippen molar-refractivity contribution >= 4 is 28.8 Å². The van der Waals surface area contributed by atoms with E-state index >= 15 is 0 Å². The average molecular weight is 476 g/mol. The molecule has 2 heterocycles. The normalized spacial score (nSPS) is 17.3. The van der Waals surface area contributed by atoms with Gasteiger partial charge in [0.05, 0.1) is 23.7 Å². The van der Waals surface area contributed by atoms with Gasteiger partial charge in [-0.25, -0.2) is 9.79 Å². The van der Waals surface area contributed by atoms with Crippen LogP contribution in [0.2, 0.25) is 0 Å². The molecule has 4 rings (SSSR count). The van der Waals surface area contributed by atoms with Gasteiger partial charge in [-0.1, -0.05) is 86.3 Å². The minimum atomic E-state index is -0.420. The van der Waals surface area contributed by atoms with Crippen LogP contribution < -0.4 is 5.32 Å². The van der Waals surface area contributed by atoms with Gasteiger partial charge in [0.1, 0.15) is 6.61 Å². The molecule has 0 aliphatic carbocycles. The number of benzene rings is 2. The van der Waals surface area contributed by atoms with E-state index in [1.165, 1.54) is 11.8 Å². The van der Waals surface area contributed by atoms with Crippen LogP contribution in [0, 0.1) is 5.92 Å². The number of carbonyl (C=O) groups excluding carboxylic acids is 2. The highest BCUT2D eigenvalue weighted by molar-refractivity contribution is 8.16. The number of esters is 1. The molecule has 0 spiro atoms. The van der Waals surface area contributed by atoms with Gasteiger partial charge in [-0.05, 0) is 29.4 Å². The van der Waals surface area contributed by atoms with Crippen LogP contribution in [-0.4, -0.2) is 28.5 Å². The Hall–Kier alpha value is -3.32. The van der Waals surface area contributed by atoms with Crippen molar-refractivity contribution in [3.8, 4) is 0 Å². The van der Waals surface area contributed by atoms with Crippen LogP contribution in [0.3, 0.4) is 0 Å². The van der Waals surface area contributed by atoms with Crippen molar-refractivity contribution in [1.82, 2.24) is 10.2 Å². The quantitative estimate of drug-likeness (QED) is 0.534. The smallest absolute Gasteiger partial charge is 0.338 e. The number of hydrogen-bond acceptors (Lipinski definition) is 6. The van der Waals surface area contributed by atoms with E-state index in [2.05, 4.69) is 19.2 Å². The summed E-state index contributed by atoms with van der Waals surface area (Å²) < 4.78 is 5.72. The molecule has 2 aromatic rings. The number of amides is 1. The second kappa shape index (κ2) is 10.7. The molecule has 0 aromatic heterocycles. The van der Waals surface area contributed by atoms with Gasteiger partial charge in [0, 0.05) is 12.2 Å². The maximum absolute atomic E-state index is 13.4. The Balaban J connectivity index is 1.62. The first-order chi connectivity index (χ1) is 16.4. The lowest BCUT2D eigenvalue weighted by Gasteiger charge is -2.36. The van der Waals surface area contributed by atoms with Crippen LogP contribution in [-0.2, 0) is 20.9 Å². The Kier molecular flexibility index (Phi) is 7.53. The maximum Gasteiger partial charge on any atom is 0.338 e. The fraction of sp³-hybridized carbons (Fsp3) is 0.296. The third kappa shape index (κ3) is 5.42. The van der Waals surface area contributed by atoms with E-state index < -0.39 is 12.0 Å². The predicted molar refractivity (Wildman–Crippen MR) is 136 cm³/mol. The lowest BCUT2D eigenvalue weighted by Crippen LogP contribution is -2.38. The molecule has 2 aromatic carbocycles. The first-order valence-corrected chi connectivity index (χ1v) is 12.3. The van der Waals surface area contributed by atoms with Crippen LogP contribution >= 0.6 is 11.8 Å². The minimum absolute atomic E-state index is 0.0481. The summed E-state index contributed by atoms with van der Waals surface area (Å²) in [7, 11) is 0. The number of ether oxygens (including phenoxy) is 1. The molecule has 34 heavy (non-hydrogen) atoms. The van der Waals surface area contributed by atoms with Crippen LogP contribution in [0.15, 0.2) is 88.0 Å². The SMILES string of the molecule is CC1=C(C(=O)OCc2ccccc2)C(c2ccccc2)N2C(CC(=O)NCC(C)C)=CSC2=N1. The van der Waals surface area contributed by atoms with Gasteiger partial charge in [-0.2, -0.15) is 0 Å². The minimum Gasteiger partial charge on any atom is -0.457 e. The second-order valence-electron chi connectivity index (χ2n) is 8.74. The number of thioether (sulfide) groups is 1. The number of allylic oxidation sites excluding steroid dienone is 1. The molecular weight excluding hydrogens is 446 g/mol. The molecule has 176 valence electrons. The molecule has 1 amide bonds. The van der Waals surface area contributed by atoms with Crippen molar-refractivity contribution in [2.24, 2.45) is 10.9 Å². The topological polar surface area (TPSA) is 71.0 Å². The monoisotopic (exact) mass is 475 g/mol. The maximum atomic E-state index is 13.4. The number of nitrogens with zero attached hydrogens (tertiary/aromatic N) is 2. The summed E-state index contributed by atoms with van der Waals surface area (Å²) >= 11 is 1.47. The van der Waals surface area contributed by atoms with Crippen molar-refractivity contribution < 1.29 is 14.3 Å². The molecule has 1 unspecified atom stereocenters. The van der Waals surface area contributed by atoms with Crippen LogP contribution in [0.4, 0.5) is 0 Å². The molecule has 0 radical (unpaired) electrons. The molecule has 6 nitrogen and oxygen atoms in total. The van der Waals surface area contributed by atoms with Crippen molar-refractivity contribution in [3.63, 3.8) is 0 Å². The van der Waals surface area contributed by atoms with E-state index in [4.69, 9.17) is 9.73 Å². The molecule has 1 atom stereocenters. The van der Waals surface area contributed by atoms with Crippen molar-refractivity contribution in [2.45, 2.75) is 39.8 Å². The highest BCUT2D eigenvalue weighted by Crippen LogP contribution is 2.44. The number of fused-ring (bicyclic) bond motifs is 1. The van der Waals surface area contributed by atoms with Gasteiger partial charge < -0.3 is 15.0 Å². The summed E-state index contributed by atoms with van der Waals surface area (Å²) in [5.41, 5.74) is 3.80. The number of rotatable bonds is 8. The first kappa shape index (κ1) is 23.8. The number of nitrogens with one attached hydrogen (secondary N) is 1. The van der Waals surface area contributed by atoms with E-state index in [0.29, 0.717) is 23.7 Å². The Labute approximate surface area is 204 Å². The van der Waals surface area contributed by atoms with Gasteiger partial charge in [0.15, 0.2) is 5.17 Å².